The lowest BCUT2D eigenvalue weighted by atomic mass is 9.81. The van der Waals surface area contributed by atoms with E-state index in [1.165, 1.54) is 55.3 Å². The van der Waals surface area contributed by atoms with Gasteiger partial charge in [0.2, 0.25) is 0 Å². The lowest BCUT2D eigenvalue weighted by molar-refractivity contribution is 0.656. The molecule has 0 amide bonds. The SMILES string of the molecule is CC1(C)c2ccccc2-c2ccc(-c3cccc4c3oc3cc5oc6c(-c7ccc8c(c7)C(C)(C)c7ccccc7-8)cc(-c7cccc(-c8cnc9c%10ccccc%10c%10ccccc%10c9n8)c7)cc6c5cc34)cc21. The van der Waals surface area contributed by atoms with Crippen LogP contribution in [0.5, 0.6) is 0 Å². The standard InChI is InChI=1S/C70H46N2O2/c1-69(2)58-25-11-9-19-47(58)49-29-27-40(34-60(49)69)44-23-14-24-53-55-36-56-57-33-43(39-15-13-16-42(31-39)62-38-71-65-51-21-7-5-17-45(51)46-18-6-8-22-52(46)66(65)72-62)32-54(68(57)74-64(56)37-63(55)73-67(44)53)41-28-30-50-48-20-10-12-26-59(48)70(3,4)61(50)35-41/h5-38H,1-4H3. The van der Waals surface area contributed by atoms with Crippen molar-refractivity contribution in [3.63, 3.8) is 0 Å². The second kappa shape index (κ2) is 14.7. The van der Waals surface area contributed by atoms with Crippen molar-refractivity contribution in [2.24, 2.45) is 0 Å². The minimum Gasteiger partial charge on any atom is -0.455 e. The van der Waals surface area contributed by atoms with Gasteiger partial charge in [-0.1, -0.05) is 185 Å². The molecule has 4 heteroatoms. The fourth-order valence-electron chi connectivity index (χ4n) is 13.1. The average Bonchev–Trinajstić information content (AvgIpc) is 4.17. The number of benzene rings is 11. The van der Waals surface area contributed by atoms with Crippen LogP contribution in [0.3, 0.4) is 0 Å². The van der Waals surface area contributed by atoms with Crippen molar-refractivity contribution in [3.05, 3.63) is 229 Å². The molecule has 0 radical (unpaired) electrons. The van der Waals surface area contributed by atoms with Gasteiger partial charge in [-0.05, 0) is 114 Å². The first-order chi connectivity index (χ1) is 36.2. The summed E-state index contributed by atoms with van der Waals surface area (Å²) in [5, 5.41) is 8.82. The van der Waals surface area contributed by atoms with Gasteiger partial charge in [-0.15, -0.1) is 0 Å². The highest BCUT2D eigenvalue weighted by molar-refractivity contribution is 6.23. The molecule has 74 heavy (non-hydrogen) atoms. The summed E-state index contributed by atoms with van der Waals surface area (Å²) in [4.78, 5) is 10.5. The quantitative estimate of drug-likeness (QED) is 0.165. The number of para-hydroxylation sites is 1. The Morgan fingerprint density at radius 1 is 0.311 bits per heavy atom. The molecule has 2 aliphatic carbocycles. The molecule has 0 unspecified atom stereocenters. The molecule has 0 fully saturated rings. The van der Waals surface area contributed by atoms with Crippen molar-refractivity contribution >= 4 is 76.5 Å². The zero-order valence-corrected chi connectivity index (χ0v) is 41.3. The summed E-state index contributed by atoms with van der Waals surface area (Å²) < 4.78 is 14.0. The van der Waals surface area contributed by atoms with Crippen LogP contribution < -0.4 is 0 Å². The van der Waals surface area contributed by atoms with E-state index in [9.17, 15) is 0 Å². The topological polar surface area (TPSA) is 52.1 Å². The number of rotatable bonds is 4. The van der Waals surface area contributed by atoms with E-state index in [1.54, 1.807) is 0 Å². The molecule has 16 rings (SSSR count). The zero-order chi connectivity index (χ0) is 49.2. The van der Waals surface area contributed by atoms with E-state index in [4.69, 9.17) is 18.8 Å². The highest BCUT2D eigenvalue weighted by atomic mass is 16.3. The molecule has 2 aliphatic rings. The van der Waals surface area contributed by atoms with E-state index in [-0.39, 0.29) is 10.8 Å². The maximum Gasteiger partial charge on any atom is 0.143 e. The second-order valence-corrected chi connectivity index (χ2v) is 21.6. The molecule has 0 atom stereocenters. The lowest BCUT2D eigenvalue weighted by Crippen LogP contribution is -2.14. The second-order valence-electron chi connectivity index (χ2n) is 21.6. The Morgan fingerprint density at radius 2 is 0.824 bits per heavy atom. The van der Waals surface area contributed by atoms with E-state index in [0.717, 1.165) is 110 Å². The van der Waals surface area contributed by atoms with E-state index < -0.39 is 0 Å². The van der Waals surface area contributed by atoms with Crippen LogP contribution in [0, 0.1) is 0 Å². The number of hydrogen-bond acceptors (Lipinski definition) is 4. The van der Waals surface area contributed by atoms with Crippen LogP contribution in [0.15, 0.2) is 215 Å². The minimum atomic E-state index is -0.162. The van der Waals surface area contributed by atoms with Crippen molar-refractivity contribution in [1.29, 1.82) is 0 Å². The molecule has 348 valence electrons. The molecule has 3 aromatic heterocycles. The molecule has 0 aliphatic heterocycles. The minimum absolute atomic E-state index is 0.106. The first-order valence-electron chi connectivity index (χ1n) is 25.7. The van der Waals surface area contributed by atoms with Crippen molar-refractivity contribution in [3.8, 4) is 66.9 Å². The molecule has 11 aromatic carbocycles. The third-order valence-electron chi connectivity index (χ3n) is 16.9. The number of aromatic nitrogens is 2. The van der Waals surface area contributed by atoms with Gasteiger partial charge in [-0.25, -0.2) is 4.98 Å². The van der Waals surface area contributed by atoms with E-state index >= 15 is 0 Å². The van der Waals surface area contributed by atoms with Crippen molar-refractivity contribution in [2.45, 2.75) is 38.5 Å². The number of furan rings is 2. The van der Waals surface area contributed by atoms with Crippen LogP contribution in [0.2, 0.25) is 0 Å². The van der Waals surface area contributed by atoms with Crippen LogP contribution in [-0.4, -0.2) is 9.97 Å². The summed E-state index contributed by atoms with van der Waals surface area (Å²) in [6, 6.07) is 72.9. The van der Waals surface area contributed by atoms with Gasteiger partial charge in [0.25, 0.3) is 0 Å². The van der Waals surface area contributed by atoms with Crippen LogP contribution in [0.4, 0.5) is 0 Å². The number of fused-ring (bicyclic) bond motifs is 18. The predicted octanol–water partition coefficient (Wildman–Crippen LogP) is 19.0. The van der Waals surface area contributed by atoms with Gasteiger partial charge in [0.05, 0.1) is 22.9 Å². The van der Waals surface area contributed by atoms with Crippen LogP contribution in [0.1, 0.15) is 49.9 Å². The van der Waals surface area contributed by atoms with Gasteiger partial charge in [0.1, 0.15) is 22.3 Å². The number of nitrogens with zero attached hydrogens (tertiary/aromatic N) is 2. The number of hydrogen-bond donors (Lipinski definition) is 0. The van der Waals surface area contributed by atoms with Crippen molar-refractivity contribution in [1.82, 2.24) is 9.97 Å². The molecule has 0 bridgehead atoms. The molecular formula is C70H46N2O2. The zero-order valence-electron chi connectivity index (χ0n) is 41.3. The monoisotopic (exact) mass is 946 g/mol. The summed E-state index contributed by atoms with van der Waals surface area (Å²) >= 11 is 0. The van der Waals surface area contributed by atoms with Gasteiger partial charge in [0.15, 0.2) is 0 Å². The van der Waals surface area contributed by atoms with Gasteiger partial charge in [-0.2, -0.15) is 0 Å². The maximum atomic E-state index is 7.11. The van der Waals surface area contributed by atoms with E-state index in [2.05, 4.69) is 228 Å². The van der Waals surface area contributed by atoms with Crippen LogP contribution in [-0.2, 0) is 10.8 Å². The molecule has 0 saturated heterocycles. The van der Waals surface area contributed by atoms with Gasteiger partial charge in [-0.3, -0.25) is 4.98 Å². The highest BCUT2D eigenvalue weighted by Crippen LogP contribution is 2.53. The fraction of sp³-hybridized carbons (Fsp3) is 0.0857. The molecular weight excluding hydrogens is 901 g/mol. The first kappa shape index (κ1) is 41.5. The Morgan fingerprint density at radius 3 is 1.50 bits per heavy atom. The van der Waals surface area contributed by atoms with Gasteiger partial charge in [0, 0.05) is 65.9 Å². The normalized spacial score (nSPS) is 14.2. The van der Waals surface area contributed by atoms with Crippen LogP contribution in [0.25, 0.3) is 143 Å². The predicted molar refractivity (Wildman–Crippen MR) is 306 cm³/mol. The largest absolute Gasteiger partial charge is 0.455 e. The van der Waals surface area contributed by atoms with E-state index in [1.807, 2.05) is 6.20 Å². The van der Waals surface area contributed by atoms with Gasteiger partial charge >= 0.3 is 0 Å². The molecule has 4 nitrogen and oxygen atoms in total. The summed E-state index contributed by atoms with van der Waals surface area (Å²) in [5.74, 6) is 0. The molecule has 3 heterocycles. The Kier molecular flexibility index (Phi) is 8.27. The smallest absolute Gasteiger partial charge is 0.143 e. The fourth-order valence-corrected chi connectivity index (χ4v) is 13.1. The Hall–Kier alpha value is -9.12. The maximum absolute atomic E-state index is 7.11. The highest BCUT2D eigenvalue weighted by Gasteiger charge is 2.37. The summed E-state index contributed by atoms with van der Waals surface area (Å²) in [5.41, 5.74) is 23.9. The molecule has 0 N–H and O–H groups in total. The summed E-state index contributed by atoms with van der Waals surface area (Å²) in [6.45, 7) is 9.36. The summed E-state index contributed by atoms with van der Waals surface area (Å²) in [6.07, 6.45) is 1.93. The van der Waals surface area contributed by atoms with Crippen LogP contribution >= 0.6 is 0 Å². The average molecular weight is 947 g/mol. The lowest BCUT2D eigenvalue weighted by Gasteiger charge is -2.22. The summed E-state index contributed by atoms with van der Waals surface area (Å²) in [7, 11) is 0. The van der Waals surface area contributed by atoms with Crippen molar-refractivity contribution < 1.29 is 8.83 Å². The Balaban J connectivity index is 0.881. The Bertz CT molecular complexity index is 4760. The van der Waals surface area contributed by atoms with Gasteiger partial charge < -0.3 is 8.83 Å². The van der Waals surface area contributed by atoms with Crippen molar-refractivity contribution in [2.75, 3.05) is 0 Å². The Labute approximate surface area is 427 Å². The first-order valence-corrected chi connectivity index (χ1v) is 25.7. The third-order valence-corrected chi connectivity index (χ3v) is 16.9. The molecule has 14 aromatic rings. The van der Waals surface area contributed by atoms with E-state index in [0.29, 0.717) is 0 Å². The molecule has 0 saturated carbocycles. The third kappa shape index (κ3) is 5.68. The molecule has 0 spiro atoms.